The summed E-state index contributed by atoms with van der Waals surface area (Å²) in [5.41, 5.74) is 3.65. The molecule has 0 saturated heterocycles. The van der Waals surface area contributed by atoms with Gasteiger partial charge in [-0.15, -0.1) is 0 Å². The zero-order chi connectivity index (χ0) is 13.1. The van der Waals surface area contributed by atoms with E-state index in [4.69, 9.17) is 12.2 Å². The number of nitrogens with one attached hydrogen (secondary N) is 2. The van der Waals surface area contributed by atoms with Crippen LogP contribution in [0.15, 0.2) is 41.6 Å². The molecular formula is C14H16N4S. The second kappa shape index (κ2) is 5.48. The van der Waals surface area contributed by atoms with Crippen LogP contribution in [0.4, 0.5) is 0 Å². The standard InChI is InChI=1S/C14H16N4S/c19-14(17-13-8-10-4-5-11(13)7-10)18-16-9-12-3-1-2-6-15-12/h1-6,9-11,13H,7-8H2,(H2,17,18,19)/b16-9-/t10-,11+,13-/m1/s1. The van der Waals surface area contributed by atoms with Crippen LogP contribution in [0.2, 0.25) is 0 Å². The summed E-state index contributed by atoms with van der Waals surface area (Å²) in [5.74, 6) is 1.37. The van der Waals surface area contributed by atoms with Crippen LogP contribution in [-0.2, 0) is 0 Å². The van der Waals surface area contributed by atoms with Gasteiger partial charge in [0.1, 0.15) is 0 Å². The van der Waals surface area contributed by atoms with Crippen molar-refractivity contribution in [2.45, 2.75) is 18.9 Å². The van der Waals surface area contributed by atoms with Gasteiger partial charge in [0.25, 0.3) is 0 Å². The van der Waals surface area contributed by atoms with Crippen LogP contribution in [-0.4, -0.2) is 22.4 Å². The van der Waals surface area contributed by atoms with Crippen molar-refractivity contribution in [2.24, 2.45) is 16.9 Å². The molecule has 3 rings (SSSR count). The highest BCUT2D eigenvalue weighted by Gasteiger charge is 2.35. The van der Waals surface area contributed by atoms with Crippen molar-refractivity contribution in [2.75, 3.05) is 0 Å². The molecule has 2 aliphatic rings. The molecule has 1 fully saturated rings. The Bertz CT molecular complexity index is 511. The van der Waals surface area contributed by atoms with Crippen LogP contribution in [0.3, 0.4) is 0 Å². The topological polar surface area (TPSA) is 49.3 Å². The van der Waals surface area contributed by atoms with Crippen LogP contribution in [0.1, 0.15) is 18.5 Å². The van der Waals surface area contributed by atoms with Gasteiger partial charge in [-0.1, -0.05) is 18.2 Å². The van der Waals surface area contributed by atoms with Gasteiger partial charge in [0.05, 0.1) is 11.9 Å². The number of rotatable bonds is 3. The van der Waals surface area contributed by atoms with E-state index in [1.54, 1.807) is 12.4 Å². The first kappa shape index (κ1) is 12.3. The van der Waals surface area contributed by atoms with Gasteiger partial charge >= 0.3 is 0 Å². The maximum Gasteiger partial charge on any atom is 0.187 e. The molecule has 98 valence electrons. The van der Waals surface area contributed by atoms with Crippen molar-refractivity contribution in [3.63, 3.8) is 0 Å². The third kappa shape index (κ3) is 2.98. The van der Waals surface area contributed by atoms with Gasteiger partial charge in [-0.2, -0.15) is 5.10 Å². The van der Waals surface area contributed by atoms with E-state index >= 15 is 0 Å². The Balaban J connectivity index is 1.47. The molecule has 1 aromatic heterocycles. The Hall–Kier alpha value is -1.75. The largest absolute Gasteiger partial charge is 0.358 e. The first-order valence-electron chi connectivity index (χ1n) is 6.50. The van der Waals surface area contributed by atoms with Crippen LogP contribution in [0.5, 0.6) is 0 Å². The van der Waals surface area contributed by atoms with Crippen LogP contribution >= 0.6 is 12.2 Å². The number of allylic oxidation sites excluding steroid dienone is 1. The average Bonchev–Trinajstić information content (AvgIpc) is 3.02. The third-order valence-electron chi connectivity index (χ3n) is 3.65. The van der Waals surface area contributed by atoms with E-state index in [0.29, 0.717) is 17.1 Å². The van der Waals surface area contributed by atoms with Crippen molar-refractivity contribution in [1.29, 1.82) is 0 Å². The van der Waals surface area contributed by atoms with E-state index in [-0.39, 0.29) is 0 Å². The summed E-state index contributed by atoms with van der Waals surface area (Å²) in [7, 11) is 0. The van der Waals surface area contributed by atoms with Gasteiger partial charge in [0.15, 0.2) is 5.11 Å². The minimum absolute atomic E-state index is 0.458. The lowest BCUT2D eigenvalue weighted by molar-refractivity contribution is 0.521. The molecule has 4 nitrogen and oxygen atoms in total. The summed E-state index contributed by atoms with van der Waals surface area (Å²) < 4.78 is 0. The summed E-state index contributed by atoms with van der Waals surface area (Å²) in [6.07, 6.45) is 10.4. The number of hydrazone groups is 1. The summed E-state index contributed by atoms with van der Waals surface area (Å²) >= 11 is 5.24. The Labute approximate surface area is 118 Å². The molecule has 5 heteroatoms. The van der Waals surface area contributed by atoms with E-state index in [9.17, 15) is 0 Å². The molecule has 1 aromatic rings. The molecule has 19 heavy (non-hydrogen) atoms. The average molecular weight is 272 g/mol. The summed E-state index contributed by atoms with van der Waals surface area (Å²) in [5, 5.41) is 8.00. The van der Waals surface area contributed by atoms with E-state index in [1.807, 2.05) is 18.2 Å². The highest BCUT2D eigenvalue weighted by atomic mass is 32.1. The number of hydrogen-bond acceptors (Lipinski definition) is 3. The number of thiocarbonyl (C=S) groups is 1. The van der Waals surface area contributed by atoms with Crippen molar-refractivity contribution < 1.29 is 0 Å². The van der Waals surface area contributed by atoms with Crippen LogP contribution in [0.25, 0.3) is 0 Å². The van der Waals surface area contributed by atoms with Crippen LogP contribution < -0.4 is 10.7 Å². The third-order valence-corrected chi connectivity index (χ3v) is 3.86. The maximum absolute atomic E-state index is 5.24. The van der Waals surface area contributed by atoms with Crippen molar-refractivity contribution in [1.82, 2.24) is 15.7 Å². The maximum atomic E-state index is 5.24. The number of pyridine rings is 1. The Morgan fingerprint density at radius 1 is 1.37 bits per heavy atom. The van der Waals surface area contributed by atoms with E-state index in [1.165, 1.54) is 12.8 Å². The van der Waals surface area contributed by atoms with Crippen molar-refractivity contribution >= 4 is 23.5 Å². The molecule has 2 aliphatic carbocycles. The predicted molar refractivity (Wildman–Crippen MR) is 79.8 cm³/mol. The van der Waals surface area contributed by atoms with Gasteiger partial charge in [-0.05, 0) is 49.0 Å². The van der Waals surface area contributed by atoms with Gasteiger partial charge < -0.3 is 5.32 Å². The Kier molecular flexibility index (Phi) is 3.55. The fourth-order valence-corrected chi connectivity index (χ4v) is 2.96. The van der Waals surface area contributed by atoms with Crippen LogP contribution in [0, 0.1) is 11.8 Å². The molecule has 0 aromatic carbocycles. The molecule has 2 N–H and O–H groups in total. The first-order chi connectivity index (χ1) is 9.31. The molecule has 0 amide bonds. The predicted octanol–water partition coefficient (Wildman–Crippen LogP) is 1.84. The molecule has 0 spiro atoms. The lowest BCUT2D eigenvalue weighted by atomic mass is 10.0. The molecule has 2 bridgehead atoms. The number of nitrogens with zero attached hydrogens (tertiary/aromatic N) is 2. The minimum atomic E-state index is 0.458. The fourth-order valence-electron chi connectivity index (χ4n) is 2.76. The fraction of sp³-hybridized carbons (Fsp3) is 0.357. The lowest BCUT2D eigenvalue weighted by Crippen LogP contribution is -2.42. The van der Waals surface area contributed by atoms with Crippen molar-refractivity contribution in [3.05, 3.63) is 42.2 Å². The summed E-state index contributed by atoms with van der Waals surface area (Å²) in [6.45, 7) is 0. The molecule has 3 atom stereocenters. The molecule has 0 radical (unpaired) electrons. The zero-order valence-electron chi connectivity index (χ0n) is 10.5. The summed E-state index contributed by atoms with van der Waals surface area (Å²) in [6, 6.07) is 6.15. The monoisotopic (exact) mass is 272 g/mol. The molecule has 0 unspecified atom stereocenters. The molecule has 1 heterocycles. The highest BCUT2D eigenvalue weighted by Crippen LogP contribution is 2.38. The quantitative estimate of drug-likeness (QED) is 0.381. The minimum Gasteiger partial charge on any atom is -0.358 e. The number of fused-ring (bicyclic) bond motifs is 2. The SMILES string of the molecule is S=C(N/N=C\c1ccccn1)N[C@@H]1C[C@@H]2C=C[C@H]1C2. The normalized spacial score (nSPS) is 27.9. The Morgan fingerprint density at radius 2 is 2.32 bits per heavy atom. The van der Waals surface area contributed by atoms with Gasteiger partial charge in [-0.3, -0.25) is 10.4 Å². The smallest absolute Gasteiger partial charge is 0.187 e. The van der Waals surface area contributed by atoms with Crippen molar-refractivity contribution in [3.8, 4) is 0 Å². The van der Waals surface area contributed by atoms with E-state index < -0.39 is 0 Å². The zero-order valence-corrected chi connectivity index (χ0v) is 11.3. The van der Waals surface area contributed by atoms with Gasteiger partial charge in [0, 0.05) is 12.2 Å². The van der Waals surface area contributed by atoms with Gasteiger partial charge in [-0.25, -0.2) is 0 Å². The van der Waals surface area contributed by atoms with E-state index in [0.717, 1.165) is 11.6 Å². The molecule has 0 aliphatic heterocycles. The lowest BCUT2D eigenvalue weighted by Gasteiger charge is -2.20. The highest BCUT2D eigenvalue weighted by molar-refractivity contribution is 7.80. The summed E-state index contributed by atoms with van der Waals surface area (Å²) in [4.78, 5) is 4.15. The van der Waals surface area contributed by atoms with Gasteiger partial charge in [0.2, 0.25) is 0 Å². The number of hydrogen-bond donors (Lipinski definition) is 2. The van der Waals surface area contributed by atoms with E-state index in [2.05, 4.69) is 33.0 Å². The number of aromatic nitrogens is 1. The second-order valence-corrected chi connectivity index (χ2v) is 5.39. The molecular weight excluding hydrogens is 256 g/mol. The molecule has 1 saturated carbocycles. The Morgan fingerprint density at radius 3 is 3.00 bits per heavy atom. The second-order valence-electron chi connectivity index (χ2n) is 4.98. The first-order valence-corrected chi connectivity index (χ1v) is 6.91.